The zero-order valence-corrected chi connectivity index (χ0v) is 18.8. The second-order valence-corrected chi connectivity index (χ2v) is 9.56. The van der Waals surface area contributed by atoms with Crippen LogP contribution in [0.4, 0.5) is 11.4 Å². The summed E-state index contributed by atoms with van der Waals surface area (Å²) in [5.41, 5.74) is 1.55. The van der Waals surface area contributed by atoms with Crippen LogP contribution in [0.25, 0.3) is 6.08 Å². The van der Waals surface area contributed by atoms with Gasteiger partial charge in [-0.1, -0.05) is 29.8 Å². The Hall–Kier alpha value is -2.68. The zero-order chi connectivity index (χ0) is 21.7. The van der Waals surface area contributed by atoms with Crippen LogP contribution in [0.3, 0.4) is 0 Å². The Balaban J connectivity index is 1.85. The first-order valence-corrected chi connectivity index (χ1v) is 11.8. The van der Waals surface area contributed by atoms with Crippen LogP contribution < -0.4 is 9.62 Å². The smallest absolute Gasteiger partial charge is 0.265 e. The maximum absolute atomic E-state index is 13.2. The average molecular weight is 462 g/mol. The van der Waals surface area contributed by atoms with Gasteiger partial charge in [0.2, 0.25) is 5.91 Å². The van der Waals surface area contributed by atoms with E-state index in [2.05, 4.69) is 10.3 Å². The molecule has 1 amide bonds. The number of hydrogen-bond acceptors (Lipinski definition) is 5. The number of benzene rings is 2. The van der Waals surface area contributed by atoms with E-state index in [0.29, 0.717) is 17.1 Å². The van der Waals surface area contributed by atoms with Gasteiger partial charge < -0.3 is 5.32 Å². The molecule has 9 heteroatoms. The molecule has 0 bridgehead atoms. The van der Waals surface area contributed by atoms with Crippen molar-refractivity contribution in [1.29, 1.82) is 0 Å². The van der Waals surface area contributed by atoms with Crippen LogP contribution in [0.2, 0.25) is 5.02 Å². The van der Waals surface area contributed by atoms with Gasteiger partial charge in [-0.05, 0) is 50.3 Å². The monoisotopic (exact) mass is 461 g/mol. The first kappa shape index (κ1) is 22.0. The fraction of sp³-hybridized carbons (Fsp3) is 0.143. The summed E-state index contributed by atoms with van der Waals surface area (Å²) in [5.74, 6) is -0.401. The predicted octanol–water partition coefficient (Wildman–Crippen LogP) is 4.97. The lowest BCUT2D eigenvalue weighted by Crippen LogP contribution is -2.31. The molecule has 0 spiro atoms. The molecule has 3 aromatic rings. The molecule has 0 atom stereocenters. The first-order valence-electron chi connectivity index (χ1n) is 9.10. The van der Waals surface area contributed by atoms with Crippen molar-refractivity contribution in [2.24, 2.45) is 0 Å². The number of carbonyl (C=O) groups is 1. The van der Waals surface area contributed by atoms with Crippen LogP contribution >= 0.6 is 22.9 Å². The number of nitrogens with one attached hydrogen (secondary N) is 1. The summed E-state index contributed by atoms with van der Waals surface area (Å²) in [7, 11) is -3.92. The number of anilines is 2. The van der Waals surface area contributed by atoms with E-state index in [-0.39, 0.29) is 16.5 Å². The number of sulfonamides is 1. The number of halogens is 1. The molecule has 0 aliphatic heterocycles. The van der Waals surface area contributed by atoms with Crippen LogP contribution in [0.5, 0.6) is 0 Å². The second-order valence-electron chi connectivity index (χ2n) is 6.26. The first-order chi connectivity index (χ1) is 14.3. The number of thiazole rings is 1. The van der Waals surface area contributed by atoms with E-state index < -0.39 is 15.9 Å². The minimum absolute atomic E-state index is 0.0771. The maximum atomic E-state index is 13.2. The number of nitrogens with zero attached hydrogens (tertiary/aromatic N) is 2. The van der Waals surface area contributed by atoms with Crippen LogP contribution in [0, 0.1) is 6.92 Å². The molecule has 156 valence electrons. The average Bonchev–Trinajstić information content (AvgIpc) is 3.14. The lowest BCUT2D eigenvalue weighted by atomic mass is 10.3. The van der Waals surface area contributed by atoms with Crippen molar-refractivity contribution >= 4 is 56.3 Å². The molecule has 2 aromatic carbocycles. The quantitative estimate of drug-likeness (QED) is 0.503. The van der Waals surface area contributed by atoms with Crippen molar-refractivity contribution in [3.8, 4) is 0 Å². The Kier molecular flexibility index (Phi) is 6.91. The van der Waals surface area contributed by atoms with Crippen LogP contribution in [0.15, 0.2) is 64.9 Å². The van der Waals surface area contributed by atoms with Crippen molar-refractivity contribution in [3.05, 3.63) is 75.7 Å². The highest BCUT2D eigenvalue weighted by Crippen LogP contribution is 2.30. The van der Waals surface area contributed by atoms with Crippen molar-refractivity contribution in [2.75, 3.05) is 16.2 Å². The van der Waals surface area contributed by atoms with Gasteiger partial charge in [-0.25, -0.2) is 13.4 Å². The summed E-state index contributed by atoms with van der Waals surface area (Å²) in [6.45, 7) is 3.86. The Morgan fingerprint density at radius 3 is 2.60 bits per heavy atom. The SMILES string of the molecule is CCN(c1ccccc1)S(=O)(=O)c1cc(NC(=O)/C=C/c2csc(C)n2)ccc1Cl. The van der Waals surface area contributed by atoms with Crippen LogP contribution in [-0.4, -0.2) is 25.9 Å². The molecule has 0 unspecified atom stereocenters. The maximum Gasteiger partial charge on any atom is 0.265 e. The van der Waals surface area contributed by atoms with Crippen molar-refractivity contribution in [2.45, 2.75) is 18.7 Å². The van der Waals surface area contributed by atoms with E-state index in [1.165, 1.54) is 33.9 Å². The Labute approximate surface area is 184 Å². The molecule has 1 heterocycles. The molecular formula is C21H20ClN3O3S2. The van der Waals surface area contributed by atoms with Gasteiger partial charge in [0.05, 0.1) is 21.4 Å². The molecule has 0 fully saturated rings. The van der Waals surface area contributed by atoms with Gasteiger partial charge in [-0.3, -0.25) is 9.10 Å². The fourth-order valence-corrected chi connectivity index (χ4v) is 5.34. The zero-order valence-electron chi connectivity index (χ0n) is 16.4. The van der Waals surface area contributed by atoms with E-state index in [4.69, 9.17) is 11.6 Å². The summed E-state index contributed by atoms with van der Waals surface area (Å²) >= 11 is 7.70. The van der Waals surface area contributed by atoms with Crippen molar-refractivity contribution < 1.29 is 13.2 Å². The number of hydrogen-bond donors (Lipinski definition) is 1. The highest BCUT2D eigenvalue weighted by molar-refractivity contribution is 7.93. The number of rotatable bonds is 7. The van der Waals surface area contributed by atoms with Crippen molar-refractivity contribution in [3.63, 3.8) is 0 Å². The molecule has 0 aliphatic carbocycles. The van der Waals surface area contributed by atoms with Gasteiger partial charge in [0.25, 0.3) is 10.0 Å². The van der Waals surface area contributed by atoms with E-state index in [1.54, 1.807) is 43.3 Å². The Bertz CT molecular complexity index is 1180. The van der Waals surface area contributed by atoms with E-state index in [1.807, 2.05) is 18.4 Å². The third-order valence-corrected chi connectivity index (χ3v) is 7.32. The Morgan fingerprint density at radius 1 is 1.23 bits per heavy atom. The number of aromatic nitrogens is 1. The van der Waals surface area contributed by atoms with Crippen LogP contribution in [-0.2, 0) is 14.8 Å². The molecule has 6 nitrogen and oxygen atoms in total. The molecule has 0 saturated heterocycles. The summed E-state index contributed by atoms with van der Waals surface area (Å²) in [5, 5.41) is 5.49. The summed E-state index contributed by atoms with van der Waals surface area (Å²) in [6, 6.07) is 13.1. The standard InChI is InChI=1S/C21H20ClN3O3S2/c1-3-25(18-7-5-4-6-8-18)30(27,28)20-13-16(9-11-19(20)22)24-21(26)12-10-17-14-29-15(2)23-17/h4-14H,3H2,1-2H3,(H,24,26)/b12-10+. The predicted molar refractivity (Wildman–Crippen MR) is 123 cm³/mol. The highest BCUT2D eigenvalue weighted by Gasteiger charge is 2.26. The van der Waals surface area contributed by atoms with Crippen LogP contribution in [0.1, 0.15) is 17.6 Å². The minimum atomic E-state index is -3.92. The topological polar surface area (TPSA) is 79.4 Å². The number of para-hydroxylation sites is 1. The molecule has 1 N–H and O–H groups in total. The Morgan fingerprint density at radius 2 is 1.97 bits per heavy atom. The number of carbonyl (C=O) groups excluding carboxylic acids is 1. The van der Waals surface area contributed by atoms with Gasteiger partial charge in [0, 0.05) is 23.7 Å². The van der Waals surface area contributed by atoms with E-state index >= 15 is 0 Å². The molecule has 3 rings (SSSR count). The van der Waals surface area contributed by atoms with Gasteiger partial charge >= 0.3 is 0 Å². The van der Waals surface area contributed by atoms with E-state index in [9.17, 15) is 13.2 Å². The van der Waals surface area contributed by atoms with Crippen molar-refractivity contribution in [1.82, 2.24) is 4.98 Å². The van der Waals surface area contributed by atoms with Gasteiger partial charge in [-0.15, -0.1) is 11.3 Å². The lowest BCUT2D eigenvalue weighted by molar-refractivity contribution is -0.111. The summed E-state index contributed by atoms with van der Waals surface area (Å²) in [6.07, 6.45) is 2.94. The molecule has 0 aliphatic rings. The third kappa shape index (κ3) is 5.08. The molecular weight excluding hydrogens is 442 g/mol. The third-order valence-electron chi connectivity index (χ3n) is 4.14. The fourth-order valence-electron chi connectivity index (χ4n) is 2.78. The molecule has 1 aromatic heterocycles. The minimum Gasteiger partial charge on any atom is -0.322 e. The lowest BCUT2D eigenvalue weighted by Gasteiger charge is -2.23. The molecule has 30 heavy (non-hydrogen) atoms. The largest absolute Gasteiger partial charge is 0.322 e. The van der Waals surface area contributed by atoms with Gasteiger partial charge in [-0.2, -0.15) is 0 Å². The van der Waals surface area contributed by atoms with E-state index in [0.717, 1.165) is 5.01 Å². The summed E-state index contributed by atoms with van der Waals surface area (Å²) < 4.78 is 27.8. The highest BCUT2D eigenvalue weighted by atomic mass is 35.5. The summed E-state index contributed by atoms with van der Waals surface area (Å²) in [4.78, 5) is 16.4. The second kappa shape index (κ2) is 9.42. The van der Waals surface area contributed by atoms with Gasteiger partial charge in [0.1, 0.15) is 4.90 Å². The van der Waals surface area contributed by atoms with Gasteiger partial charge in [0.15, 0.2) is 0 Å². The molecule has 0 radical (unpaired) electrons. The number of amides is 1. The normalized spacial score (nSPS) is 11.6. The molecule has 0 saturated carbocycles. The number of aryl methyl sites for hydroxylation is 1.